The predicted octanol–water partition coefficient (Wildman–Crippen LogP) is -4.72. The van der Waals surface area contributed by atoms with Gasteiger partial charge in [0, 0.05) is 0 Å². The van der Waals surface area contributed by atoms with E-state index >= 15 is 0 Å². The molecule has 2 fully saturated rings. The second-order valence-electron chi connectivity index (χ2n) is 5.36. The van der Waals surface area contributed by atoms with E-state index in [0.29, 0.717) is 0 Å². The van der Waals surface area contributed by atoms with Crippen LogP contribution < -0.4 is 0 Å². The molecule has 2 aliphatic rings. The lowest BCUT2D eigenvalue weighted by Crippen LogP contribution is -2.67. The summed E-state index contributed by atoms with van der Waals surface area (Å²) >= 11 is 2.92. The lowest BCUT2D eigenvalue weighted by Gasteiger charge is -2.47. The molecule has 0 aliphatic carbocycles. The van der Waals surface area contributed by atoms with Crippen molar-refractivity contribution in [2.45, 2.75) is 60.0 Å². The van der Waals surface area contributed by atoms with Gasteiger partial charge in [0.2, 0.25) is 0 Å². The van der Waals surface area contributed by atoms with Crippen LogP contribution in [0.5, 0.6) is 0 Å². The molecule has 10 atom stereocenters. The van der Waals surface area contributed by atoms with Crippen molar-refractivity contribution in [2.75, 3.05) is 6.61 Å². The van der Waals surface area contributed by atoms with Gasteiger partial charge in [0.1, 0.15) is 36.6 Å². The number of aliphatic hydroxyl groups is 8. The smallest absolute Gasteiger partial charge is 0.189 e. The Labute approximate surface area is 138 Å². The van der Waals surface area contributed by atoms with E-state index in [-0.39, 0.29) is 0 Å². The first-order valence-corrected chi connectivity index (χ1v) is 7.46. The van der Waals surface area contributed by atoms with Crippen LogP contribution in [0.25, 0.3) is 0 Å². The minimum absolute atomic E-state index is 0.810. The van der Waals surface area contributed by atoms with Crippen molar-refractivity contribution in [3.05, 3.63) is 0 Å². The van der Waals surface area contributed by atoms with Crippen molar-refractivity contribution in [1.29, 1.82) is 0 Å². The lowest BCUT2D eigenvalue weighted by atomic mass is 9.98. The average Bonchev–Trinajstić information content (AvgIpc) is 2.52. The highest BCUT2D eigenvalue weighted by atomic mass is 79.9. The van der Waals surface area contributed by atoms with Gasteiger partial charge in [0.05, 0.1) is 6.61 Å². The Morgan fingerprint density at radius 1 is 0.826 bits per heavy atom. The Bertz CT molecular complexity index is 413. The third-order valence-corrected chi connectivity index (χ3v) is 4.62. The maximum atomic E-state index is 10.0. The van der Waals surface area contributed by atoms with E-state index in [1.54, 1.807) is 0 Å². The molecule has 23 heavy (non-hydrogen) atoms. The second kappa shape index (κ2) is 7.11. The van der Waals surface area contributed by atoms with Gasteiger partial charge in [-0.3, -0.25) is 0 Å². The first-order chi connectivity index (χ1) is 10.6. The highest BCUT2D eigenvalue weighted by molar-refractivity contribution is 9.10. The summed E-state index contributed by atoms with van der Waals surface area (Å²) < 4.78 is 13.1. The molecule has 0 saturated carbocycles. The molecular formula is C11H19BrO11. The zero-order chi connectivity index (χ0) is 17.5. The molecule has 2 rings (SSSR count). The van der Waals surface area contributed by atoms with E-state index in [2.05, 4.69) is 15.9 Å². The Hall–Kier alpha value is 0.0400. The molecule has 136 valence electrons. The van der Waals surface area contributed by atoms with Gasteiger partial charge < -0.3 is 55.1 Å². The minimum Gasteiger partial charge on any atom is -0.392 e. The molecule has 0 amide bonds. The third kappa shape index (κ3) is 3.53. The van der Waals surface area contributed by atoms with Crippen LogP contribution in [-0.2, 0) is 14.2 Å². The van der Waals surface area contributed by atoms with Crippen LogP contribution in [0.3, 0.4) is 0 Å². The standard InChI is InChI=1S/C11H19BrO11/c12-11(1-13)7(3(15)5(17)9(20)23-11)21-10-6(18)2(14)4(16)8(19)22-10/h2-10,13-20H,1H2/t2-,3-,4-,5+,6+,7-,8-,9+,10+,11-/m0/s1. The zero-order valence-corrected chi connectivity index (χ0v) is 13.2. The summed E-state index contributed by atoms with van der Waals surface area (Å²) in [4.78, 5) is 0. The molecule has 0 unspecified atom stereocenters. The van der Waals surface area contributed by atoms with Gasteiger partial charge >= 0.3 is 0 Å². The normalized spacial score (nSPS) is 54.9. The maximum absolute atomic E-state index is 10.0. The Morgan fingerprint density at radius 2 is 1.39 bits per heavy atom. The summed E-state index contributed by atoms with van der Waals surface area (Å²) in [6.45, 7) is -0.810. The quantitative estimate of drug-likeness (QED) is 0.210. The lowest BCUT2D eigenvalue weighted by molar-refractivity contribution is -0.379. The average molecular weight is 407 g/mol. The number of aliphatic hydroxyl groups excluding tert-OH is 8. The minimum atomic E-state index is -1.88. The Morgan fingerprint density at radius 3 is 1.96 bits per heavy atom. The van der Waals surface area contributed by atoms with E-state index in [1.807, 2.05) is 0 Å². The summed E-state index contributed by atoms with van der Waals surface area (Å²) in [6, 6.07) is 0. The highest BCUT2D eigenvalue weighted by Crippen LogP contribution is 2.38. The molecule has 12 heteroatoms. The van der Waals surface area contributed by atoms with Crippen LogP contribution in [0.15, 0.2) is 0 Å². The van der Waals surface area contributed by atoms with E-state index in [9.17, 15) is 40.9 Å². The molecule has 0 radical (unpaired) electrons. The SMILES string of the molecule is OC[C@]1(Br)O[C@@H](O)[C@H](O)[C@H](O)[C@@H]1O[C@@H]1O[C@H](O)[C@@H](O)[C@H](O)[C@H]1O. The van der Waals surface area contributed by atoms with Gasteiger partial charge in [-0.2, -0.15) is 0 Å². The van der Waals surface area contributed by atoms with Crippen molar-refractivity contribution < 1.29 is 55.1 Å². The number of alkyl halides is 1. The van der Waals surface area contributed by atoms with Gasteiger partial charge in [0.15, 0.2) is 23.4 Å². The number of rotatable bonds is 3. The second-order valence-corrected chi connectivity index (χ2v) is 6.70. The van der Waals surface area contributed by atoms with Gasteiger partial charge in [-0.15, -0.1) is 0 Å². The zero-order valence-electron chi connectivity index (χ0n) is 11.6. The summed E-state index contributed by atoms with van der Waals surface area (Å²) in [7, 11) is 0. The molecule has 2 heterocycles. The molecule has 2 aliphatic heterocycles. The number of hydrogen-bond acceptors (Lipinski definition) is 11. The van der Waals surface area contributed by atoms with Crippen molar-refractivity contribution in [1.82, 2.24) is 0 Å². The Balaban J connectivity index is 2.18. The highest BCUT2D eigenvalue weighted by Gasteiger charge is 2.56. The van der Waals surface area contributed by atoms with Crippen LogP contribution in [-0.4, -0.2) is 107 Å². The fraction of sp³-hybridized carbons (Fsp3) is 1.00. The van der Waals surface area contributed by atoms with E-state index in [1.165, 1.54) is 0 Å². The largest absolute Gasteiger partial charge is 0.392 e. The molecule has 11 nitrogen and oxygen atoms in total. The predicted molar refractivity (Wildman–Crippen MR) is 71.6 cm³/mol. The molecular weight excluding hydrogens is 388 g/mol. The molecule has 0 aromatic carbocycles. The van der Waals surface area contributed by atoms with Crippen LogP contribution >= 0.6 is 15.9 Å². The first-order valence-electron chi connectivity index (χ1n) is 6.67. The van der Waals surface area contributed by atoms with Crippen LogP contribution in [0.1, 0.15) is 0 Å². The number of halogens is 1. The summed E-state index contributed by atoms with van der Waals surface area (Å²) in [5.74, 6) is 0. The van der Waals surface area contributed by atoms with Gasteiger partial charge in [-0.1, -0.05) is 0 Å². The molecule has 0 spiro atoms. The van der Waals surface area contributed by atoms with Gasteiger partial charge in [-0.05, 0) is 15.9 Å². The fourth-order valence-electron chi connectivity index (χ4n) is 2.34. The van der Waals surface area contributed by atoms with Crippen molar-refractivity contribution in [2.24, 2.45) is 0 Å². The third-order valence-electron chi connectivity index (χ3n) is 3.73. The van der Waals surface area contributed by atoms with E-state index < -0.39 is 66.6 Å². The van der Waals surface area contributed by atoms with Crippen molar-refractivity contribution >= 4 is 15.9 Å². The summed E-state index contributed by atoms with van der Waals surface area (Å²) in [5, 5.41) is 76.8. The van der Waals surface area contributed by atoms with Crippen LogP contribution in [0.4, 0.5) is 0 Å². The summed E-state index contributed by atoms with van der Waals surface area (Å²) in [5.41, 5.74) is 0. The van der Waals surface area contributed by atoms with Crippen molar-refractivity contribution in [3.63, 3.8) is 0 Å². The van der Waals surface area contributed by atoms with Crippen LogP contribution in [0.2, 0.25) is 0 Å². The Kier molecular flexibility index (Phi) is 5.99. The number of hydrogen-bond donors (Lipinski definition) is 8. The maximum Gasteiger partial charge on any atom is 0.189 e. The van der Waals surface area contributed by atoms with Gasteiger partial charge in [0.25, 0.3) is 0 Å². The van der Waals surface area contributed by atoms with E-state index in [0.717, 1.165) is 0 Å². The van der Waals surface area contributed by atoms with Crippen molar-refractivity contribution in [3.8, 4) is 0 Å². The summed E-state index contributed by atoms with van der Waals surface area (Å²) in [6.07, 6.45) is -16.0. The monoisotopic (exact) mass is 406 g/mol. The molecule has 0 bridgehead atoms. The molecule has 8 N–H and O–H groups in total. The molecule has 0 aromatic rings. The molecule has 0 aromatic heterocycles. The topological polar surface area (TPSA) is 190 Å². The van der Waals surface area contributed by atoms with E-state index in [4.69, 9.17) is 14.2 Å². The van der Waals surface area contributed by atoms with Crippen LogP contribution in [0, 0.1) is 0 Å². The fourth-order valence-corrected chi connectivity index (χ4v) is 2.91. The number of ether oxygens (including phenoxy) is 3. The van der Waals surface area contributed by atoms with Gasteiger partial charge in [-0.25, -0.2) is 0 Å². The molecule has 2 saturated heterocycles. The first kappa shape index (κ1) is 19.4.